The topological polar surface area (TPSA) is 161 Å². The fourth-order valence-corrected chi connectivity index (χ4v) is 8.98. The van der Waals surface area contributed by atoms with Gasteiger partial charge in [0.1, 0.15) is 23.7 Å². The number of hydrogen-bond acceptors (Lipinski definition) is 10. The third kappa shape index (κ3) is 9.72. The third-order valence-electron chi connectivity index (χ3n) is 11.6. The molecule has 0 spiro atoms. The summed E-state index contributed by atoms with van der Waals surface area (Å²) in [5.41, 5.74) is 7.62. The SMILES string of the molecule is Cc1ncsc1-c1ccc([C@H](C)NC(=O)[C@@H]2C[C@@H](O)CN2C(=O)C(NC(=O)CN2CCC(c3ccc(-c4cnnc(-c5cc(F)ccc5O)c4)cc3)CC2)C(C)(C)C)cc1. The molecule has 5 aromatic rings. The summed E-state index contributed by atoms with van der Waals surface area (Å²) in [5.74, 6) is -1.26. The smallest absolute Gasteiger partial charge is 0.246 e. The second kappa shape index (κ2) is 18.0. The zero-order chi connectivity index (χ0) is 42.7. The van der Waals surface area contributed by atoms with Gasteiger partial charge in [0.2, 0.25) is 17.7 Å². The lowest BCUT2D eigenvalue weighted by atomic mass is 9.85. The van der Waals surface area contributed by atoms with Crippen LogP contribution in [0.2, 0.25) is 0 Å². The van der Waals surface area contributed by atoms with Gasteiger partial charge < -0.3 is 25.7 Å². The fourth-order valence-electron chi connectivity index (χ4n) is 8.17. The Labute approximate surface area is 353 Å². The maximum Gasteiger partial charge on any atom is 0.246 e. The number of aryl methyl sites for hydroxylation is 1. The number of nitrogens with one attached hydrogen (secondary N) is 2. The average molecular weight is 834 g/mol. The summed E-state index contributed by atoms with van der Waals surface area (Å²) in [4.78, 5) is 50.4. The Morgan fingerprint density at radius 1 is 0.950 bits per heavy atom. The van der Waals surface area contributed by atoms with Gasteiger partial charge in [-0.05, 0) is 97.6 Å². The molecule has 4 heterocycles. The van der Waals surface area contributed by atoms with Crippen molar-refractivity contribution in [3.8, 4) is 38.6 Å². The molecule has 2 aliphatic rings. The number of rotatable bonds is 11. The molecule has 3 amide bonds. The molecule has 2 fully saturated rings. The van der Waals surface area contributed by atoms with Gasteiger partial charge in [-0.3, -0.25) is 19.3 Å². The number of aliphatic hydroxyl groups is 1. The molecule has 314 valence electrons. The molecule has 4 N–H and O–H groups in total. The summed E-state index contributed by atoms with van der Waals surface area (Å²) >= 11 is 1.58. The molecule has 4 atom stereocenters. The minimum Gasteiger partial charge on any atom is -0.507 e. The first-order valence-corrected chi connectivity index (χ1v) is 21.3. The van der Waals surface area contributed by atoms with Crippen LogP contribution in [0.1, 0.15) is 75.7 Å². The van der Waals surface area contributed by atoms with E-state index in [1.54, 1.807) is 23.6 Å². The highest BCUT2D eigenvalue weighted by molar-refractivity contribution is 7.13. The first kappa shape index (κ1) is 42.6. The van der Waals surface area contributed by atoms with Crippen molar-refractivity contribution >= 4 is 29.1 Å². The molecule has 0 radical (unpaired) electrons. The number of hydrogen-bond donors (Lipinski definition) is 4. The number of benzene rings is 3. The normalized spacial score (nSPS) is 18.6. The van der Waals surface area contributed by atoms with E-state index in [1.807, 2.05) is 76.5 Å². The van der Waals surface area contributed by atoms with Crippen molar-refractivity contribution in [2.75, 3.05) is 26.2 Å². The second-order valence-corrected chi connectivity index (χ2v) is 17.9. The Morgan fingerprint density at radius 3 is 2.32 bits per heavy atom. The van der Waals surface area contributed by atoms with E-state index >= 15 is 0 Å². The van der Waals surface area contributed by atoms with E-state index in [4.69, 9.17) is 0 Å². The van der Waals surface area contributed by atoms with Crippen LogP contribution in [0.3, 0.4) is 0 Å². The van der Waals surface area contributed by atoms with Crippen molar-refractivity contribution in [2.45, 2.75) is 84.0 Å². The van der Waals surface area contributed by atoms with Gasteiger partial charge in [0.25, 0.3) is 0 Å². The largest absolute Gasteiger partial charge is 0.507 e. The maximum atomic E-state index is 14.2. The molecule has 0 aliphatic carbocycles. The molecule has 0 saturated carbocycles. The molecule has 2 aliphatic heterocycles. The number of aromatic hydroxyl groups is 1. The molecule has 2 aromatic heterocycles. The summed E-state index contributed by atoms with van der Waals surface area (Å²) in [7, 11) is 0. The van der Waals surface area contributed by atoms with Crippen molar-refractivity contribution < 1.29 is 29.0 Å². The second-order valence-electron chi connectivity index (χ2n) is 17.0. The third-order valence-corrected chi connectivity index (χ3v) is 12.6. The van der Waals surface area contributed by atoms with Crippen molar-refractivity contribution in [1.29, 1.82) is 0 Å². The van der Waals surface area contributed by atoms with Gasteiger partial charge in [0, 0.05) is 24.1 Å². The van der Waals surface area contributed by atoms with Crippen LogP contribution in [0, 0.1) is 18.2 Å². The summed E-state index contributed by atoms with van der Waals surface area (Å²) in [6.45, 7) is 11.1. The molecule has 14 heteroatoms. The first-order valence-electron chi connectivity index (χ1n) is 20.4. The molecule has 3 aromatic carbocycles. The highest BCUT2D eigenvalue weighted by atomic mass is 32.1. The van der Waals surface area contributed by atoms with Gasteiger partial charge in [-0.1, -0.05) is 69.3 Å². The van der Waals surface area contributed by atoms with E-state index in [9.17, 15) is 29.0 Å². The average Bonchev–Trinajstić information content (AvgIpc) is 3.85. The van der Waals surface area contributed by atoms with E-state index in [2.05, 4.69) is 42.8 Å². The van der Waals surface area contributed by atoms with E-state index < -0.39 is 35.3 Å². The van der Waals surface area contributed by atoms with E-state index in [0.29, 0.717) is 24.7 Å². The standard InChI is InChI=1S/C46H52FN7O5S/c1-27(29-6-12-33(13-7-29)42-28(2)48-26-60-42)50-44(58)39-22-36(55)24-54(39)45(59)43(46(3,4)5)51-41(57)25-53-18-16-32(17-19-53)30-8-10-31(11-9-30)34-20-38(52-49-23-34)37-21-35(47)14-15-40(37)56/h6-15,20-21,23,26-27,32,36,39,43,55-56H,16-19,22,24-25H2,1-5H3,(H,50,58)(H,51,57)/t27-,36+,39-,43?/m0/s1. The Bertz CT molecular complexity index is 2320. The van der Waals surface area contributed by atoms with Crippen molar-refractivity contribution in [3.63, 3.8) is 0 Å². The monoisotopic (exact) mass is 833 g/mol. The first-order chi connectivity index (χ1) is 28.6. The van der Waals surface area contributed by atoms with Crippen molar-refractivity contribution in [3.05, 3.63) is 107 Å². The van der Waals surface area contributed by atoms with Crippen LogP contribution in [0.4, 0.5) is 4.39 Å². The number of nitrogens with zero attached hydrogens (tertiary/aromatic N) is 5. The lowest BCUT2D eigenvalue weighted by Crippen LogP contribution is -2.59. The number of aliphatic hydroxyl groups excluding tert-OH is 1. The van der Waals surface area contributed by atoms with Crippen LogP contribution in [-0.2, 0) is 14.4 Å². The highest BCUT2D eigenvalue weighted by Gasteiger charge is 2.45. The number of piperidine rings is 1. The fraction of sp³-hybridized carbons (Fsp3) is 0.391. The molecule has 12 nitrogen and oxygen atoms in total. The number of thiazole rings is 1. The molecule has 7 rings (SSSR count). The van der Waals surface area contributed by atoms with Crippen LogP contribution in [0.5, 0.6) is 5.75 Å². The van der Waals surface area contributed by atoms with E-state index in [0.717, 1.165) is 45.7 Å². The van der Waals surface area contributed by atoms with Crippen molar-refractivity contribution in [2.24, 2.45) is 5.41 Å². The van der Waals surface area contributed by atoms with Crippen LogP contribution in [0.25, 0.3) is 32.8 Å². The number of β-amino-alcohol motifs (C(OH)–C–C–N with tert-alkyl or cyclic N) is 1. The van der Waals surface area contributed by atoms with Gasteiger partial charge in [-0.2, -0.15) is 10.2 Å². The molecular formula is C46H52FN7O5S. The van der Waals surface area contributed by atoms with Gasteiger partial charge >= 0.3 is 0 Å². The lowest BCUT2D eigenvalue weighted by Gasteiger charge is -2.36. The van der Waals surface area contributed by atoms with Crippen LogP contribution >= 0.6 is 11.3 Å². The van der Waals surface area contributed by atoms with Gasteiger partial charge in [-0.25, -0.2) is 9.37 Å². The zero-order valence-electron chi connectivity index (χ0n) is 34.6. The zero-order valence-corrected chi connectivity index (χ0v) is 35.4. The summed E-state index contributed by atoms with van der Waals surface area (Å²) in [5, 5.41) is 35.2. The van der Waals surface area contributed by atoms with Crippen LogP contribution in [-0.4, -0.2) is 97.3 Å². The molecule has 1 unspecified atom stereocenters. The maximum absolute atomic E-state index is 14.2. The van der Waals surface area contributed by atoms with Crippen LogP contribution < -0.4 is 10.6 Å². The number of phenols is 1. The van der Waals surface area contributed by atoms with Gasteiger partial charge in [0.15, 0.2) is 0 Å². The number of carbonyl (C=O) groups excluding carboxylic acids is 3. The summed E-state index contributed by atoms with van der Waals surface area (Å²) in [6.07, 6.45) is 2.59. The molecular weight excluding hydrogens is 782 g/mol. The molecule has 60 heavy (non-hydrogen) atoms. The minimum absolute atomic E-state index is 0.00505. The predicted octanol–water partition coefficient (Wildman–Crippen LogP) is 6.64. The molecule has 0 bridgehead atoms. The number of carbonyl (C=O) groups is 3. The van der Waals surface area contributed by atoms with E-state index in [-0.39, 0.29) is 48.7 Å². The van der Waals surface area contributed by atoms with E-state index in [1.165, 1.54) is 28.7 Å². The Morgan fingerprint density at radius 2 is 1.65 bits per heavy atom. The predicted molar refractivity (Wildman–Crippen MR) is 229 cm³/mol. The Balaban J connectivity index is 0.926. The Kier molecular flexibility index (Phi) is 12.7. The molecule has 2 saturated heterocycles. The van der Waals surface area contributed by atoms with Crippen LogP contribution in [0.15, 0.2) is 84.5 Å². The van der Waals surface area contributed by atoms with Crippen molar-refractivity contribution in [1.82, 2.24) is 35.6 Å². The lowest BCUT2D eigenvalue weighted by molar-refractivity contribution is -0.144. The quantitative estimate of drug-likeness (QED) is 0.115. The van der Waals surface area contributed by atoms with Gasteiger partial charge in [0.05, 0.1) is 46.7 Å². The van der Waals surface area contributed by atoms with Gasteiger partial charge in [-0.15, -0.1) is 11.3 Å². The number of phenolic OH excluding ortho intramolecular Hbond substituents is 1. The highest BCUT2D eigenvalue weighted by Crippen LogP contribution is 2.34. The minimum atomic E-state index is -0.909. The number of likely N-dealkylation sites (tertiary alicyclic amines) is 2. The number of aromatic nitrogens is 3. The number of amides is 3. The number of halogens is 1. The summed E-state index contributed by atoms with van der Waals surface area (Å²) < 4.78 is 13.9. The Hall–Kier alpha value is -5.57. The summed E-state index contributed by atoms with van der Waals surface area (Å²) in [6, 6.07) is 19.6.